The van der Waals surface area contributed by atoms with Crippen molar-refractivity contribution in [1.29, 1.82) is 0 Å². The van der Waals surface area contributed by atoms with Crippen LogP contribution in [0.3, 0.4) is 0 Å². The molecule has 1 fully saturated rings. The lowest BCUT2D eigenvalue weighted by molar-refractivity contribution is -0.141. The molecule has 1 aromatic rings. The van der Waals surface area contributed by atoms with E-state index >= 15 is 0 Å². The maximum absolute atomic E-state index is 12.8. The van der Waals surface area contributed by atoms with E-state index < -0.39 is 17.4 Å². The van der Waals surface area contributed by atoms with E-state index in [0.29, 0.717) is 12.8 Å². The van der Waals surface area contributed by atoms with Crippen LogP contribution in [-0.2, 0) is 15.0 Å². The van der Waals surface area contributed by atoms with Gasteiger partial charge in [0.1, 0.15) is 11.9 Å². The summed E-state index contributed by atoms with van der Waals surface area (Å²) in [4.78, 5) is 22.8. The van der Waals surface area contributed by atoms with Crippen molar-refractivity contribution in [3.8, 4) is 0 Å². The van der Waals surface area contributed by atoms with E-state index in [1.807, 2.05) is 0 Å². The van der Waals surface area contributed by atoms with Gasteiger partial charge >= 0.3 is 5.97 Å². The Hall–Kier alpha value is -1.91. The van der Waals surface area contributed by atoms with Crippen LogP contribution in [0.25, 0.3) is 0 Å². The minimum Gasteiger partial charge on any atom is -0.480 e. The van der Waals surface area contributed by atoms with Crippen LogP contribution < -0.4 is 5.32 Å². The van der Waals surface area contributed by atoms with Gasteiger partial charge in [-0.25, -0.2) is 4.39 Å². The minimum absolute atomic E-state index is 0.302. The van der Waals surface area contributed by atoms with Crippen LogP contribution in [0.1, 0.15) is 25.3 Å². The molecular formula is C13H14FNO3. The number of amides is 1. The van der Waals surface area contributed by atoms with Gasteiger partial charge in [0.15, 0.2) is 0 Å². The first-order valence-corrected chi connectivity index (χ1v) is 5.75. The first kappa shape index (κ1) is 12.5. The van der Waals surface area contributed by atoms with E-state index in [4.69, 9.17) is 5.11 Å². The number of rotatable bonds is 4. The first-order valence-electron chi connectivity index (χ1n) is 5.75. The summed E-state index contributed by atoms with van der Waals surface area (Å²) in [5, 5.41) is 11.2. The Kier molecular flexibility index (Phi) is 3.07. The Morgan fingerprint density at radius 3 is 2.33 bits per heavy atom. The predicted octanol–water partition coefficient (Wildman–Crippen LogP) is 1.45. The van der Waals surface area contributed by atoms with E-state index in [1.165, 1.54) is 19.1 Å². The highest BCUT2D eigenvalue weighted by Gasteiger charge is 2.51. The van der Waals surface area contributed by atoms with Gasteiger partial charge in [0.25, 0.3) is 0 Å². The van der Waals surface area contributed by atoms with Crippen molar-refractivity contribution in [1.82, 2.24) is 5.32 Å². The standard InChI is InChI=1S/C13H14FNO3/c1-8(11(16)17)15-12(18)13(6-7-13)9-2-4-10(14)5-3-9/h2-5,8H,6-7H2,1H3,(H,15,18)(H,16,17). The van der Waals surface area contributed by atoms with Gasteiger partial charge in [-0.15, -0.1) is 0 Å². The van der Waals surface area contributed by atoms with Crippen LogP contribution >= 0.6 is 0 Å². The molecule has 5 heteroatoms. The van der Waals surface area contributed by atoms with Crippen molar-refractivity contribution < 1.29 is 19.1 Å². The maximum atomic E-state index is 12.8. The van der Waals surface area contributed by atoms with Crippen molar-refractivity contribution in [3.63, 3.8) is 0 Å². The van der Waals surface area contributed by atoms with Crippen LogP contribution in [0, 0.1) is 5.82 Å². The number of carbonyl (C=O) groups excluding carboxylic acids is 1. The quantitative estimate of drug-likeness (QED) is 0.851. The summed E-state index contributed by atoms with van der Waals surface area (Å²) >= 11 is 0. The molecule has 0 aliphatic heterocycles. The molecule has 0 bridgehead atoms. The fourth-order valence-corrected chi connectivity index (χ4v) is 1.94. The Morgan fingerprint density at radius 1 is 1.33 bits per heavy atom. The summed E-state index contributed by atoms with van der Waals surface area (Å²) < 4.78 is 12.8. The molecule has 0 saturated heterocycles. The molecular weight excluding hydrogens is 237 g/mol. The number of halogens is 1. The summed E-state index contributed by atoms with van der Waals surface area (Å²) in [6, 6.07) is 4.85. The van der Waals surface area contributed by atoms with Crippen LogP contribution in [0.15, 0.2) is 24.3 Å². The summed E-state index contributed by atoms with van der Waals surface area (Å²) in [6.07, 6.45) is 1.33. The van der Waals surface area contributed by atoms with Crippen LogP contribution in [-0.4, -0.2) is 23.0 Å². The molecule has 18 heavy (non-hydrogen) atoms. The Labute approximate surface area is 104 Å². The molecule has 1 saturated carbocycles. The summed E-state index contributed by atoms with van der Waals surface area (Å²) in [7, 11) is 0. The van der Waals surface area contributed by atoms with E-state index in [0.717, 1.165) is 5.56 Å². The van der Waals surface area contributed by atoms with E-state index in [1.54, 1.807) is 12.1 Å². The largest absolute Gasteiger partial charge is 0.480 e. The molecule has 96 valence electrons. The van der Waals surface area contributed by atoms with Crippen LogP contribution in [0.5, 0.6) is 0 Å². The summed E-state index contributed by atoms with van der Waals surface area (Å²) in [5.41, 5.74) is 0.0659. The van der Waals surface area contributed by atoms with Gasteiger partial charge in [-0.1, -0.05) is 12.1 Å². The highest BCUT2D eigenvalue weighted by molar-refractivity contribution is 5.93. The lowest BCUT2D eigenvalue weighted by Crippen LogP contribution is -2.43. The second-order valence-electron chi connectivity index (χ2n) is 4.62. The van der Waals surface area contributed by atoms with Gasteiger partial charge in [-0.2, -0.15) is 0 Å². The van der Waals surface area contributed by atoms with Gasteiger partial charge in [0.2, 0.25) is 5.91 Å². The van der Waals surface area contributed by atoms with Gasteiger partial charge in [0, 0.05) is 0 Å². The van der Waals surface area contributed by atoms with E-state index in [9.17, 15) is 14.0 Å². The molecule has 1 aliphatic carbocycles. The fourth-order valence-electron chi connectivity index (χ4n) is 1.94. The number of hydrogen-bond donors (Lipinski definition) is 2. The monoisotopic (exact) mass is 251 g/mol. The SMILES string of the molecule is CC(NC(=O)C1(c2ccc(F)cc2)CC1)C(=O)O. The molecule has 0 spiro atoms. The third-order valence-corrected chi connectivity index (χ3v) is 3.30. The molecule has 0 aromatic heterocycles. The number of hydrogen-bond acceptors (Lipinski definition) is 2. The zero-order valence-electron chi connectivity index (χ0n) is 9.94. The first-order chi connectivity index (χ1) is 8.45. The van der Waals surface area contributed by atoms with Crippen molar-refractivity contribution >= 4 is 11.9 Å². The number of carbonyl (C=O) groups is 2. The molecule has 1 aromatic carbocycles. The molecule has 0 radical (unpaired) electrons. The highest BCUT2D eigenvalue weighted by Crippen LogP contribution is 2.48. The summed E-state index contributed by atoms with van der Waals surface area (Å²) in [5.74, 6) is -1.73. The number of carboxylic acid groups (broad SMARTS) is 1. The average Bonchev–Trinajstić information content (AvgIpc) is 3.11. The molecule has 0 heterocycles. The van der Waals surface area contributed by atoms with Crippen molar-refractivity contribution in [2.45, 2.75) is 31.2 Å². The molecule has 2 rings (SSSR count). The molecule has 1 atom stereocenters. The van der Waals surface area contributed by atoms with Crippen molar-refractivity contribution in [3.05, 3.63) is 35.6 Å². The normalized spacial score (nSPS) is 17.9. The van der Waals surface area contributed by atoms with Crippen molar-refractivity contribution in [2.24, 2.45) is 0 Å². The number of nitrogens with one attached hydrogen (secondary N) is 1. The van der Waals surface area contributed by atoms with Gasteiger partial charge < -0.3 is 10.4 Å². The van der Waals surface area contributed by atoms with Gasteiger partial charge in [0.05, 0.1) is 5.41 Å². The lowest BCUT2D eigenvalue weighted by Gasteiger charge is -2.17. The molecule has 1 amide bonds. The van der Waals surface area contributed by atoms with Gasteiger partial charge in [-0.3, -0.25) is 9.59 Å². The number of aliphatic carboxylic acids is 1. The van der Waals surface area contributed by atoms with E-state index in [-0.39, 0.29) is 11.7 Å². The topological polar surface area (TPSA) is 66.4 Å². The van der Waals surface area contributed by atoms with Crippen LogP contribution in [0.2, 0.25) is 0 Å². The third-order valence-electron chi connectivity index (χ3n) is 3.30. The predicted molar refractivity (Wildman–Crippen MR) is 62.6 cm³/mol. The zero-order chi connectivity index (χ0) is 13.3. The zero-order valence-corrected chi connectivity index (χ0v) is 9.94. The van der Waals surface area contributed by atoms with Crippen molar-refractivity contribution in [2.75, 3.05) is 0 Å². The number of benzene rings is 1. The van der Waals surface area contributed by atoms with E-state index in [2.05, 4.69) is 5.32 Å². The summed E-state index contributed by atoms with van der Waals surface area (Å²) in [6.45, 7) is 1.42. The third kappa shape index (κ3) is 2.20. The smallest absolute Gasteiger partial charge is 0.325 e. The van der Waals surface area contributed by atoms with Crippen LogP contribution in [0.4, 0.5) is 4.39 Å². The minimum atomic E-state index is -1.07. The highest BCUT2D eigenvalue weighted by atomic mass is 19.1. The number of carboxylic acids is 1. The fraction of sp³-hybridized carbons (Fsp3) is 0.385. The second kappa shape index (κ2) is 4.40. The molecule has 1 aliphatic rings. The Balaban J connectivity index is 2.14. The lowest BCUT2D eigenvalue weighted by atomic mass is 9.94. The second-order valence-corrected chi connectivity index (χ2v) is 4.62. The average molecular weight is 251 g/mol. The Morgan fingerprint density at radius 2 is 1.89 bits per heavy atom. The molecule has 1 unspecified atom stereocenters. The van der Waals surface area contributed by atoms with Gasteiger partial charge in [-0.05, 0) is 37.5 Å². The molecule has 2 N–H and O–H groups in total. The molecule has 4 nitrogen and oxygen atoms in total. The maximum Gasteiger partial charge on any atom is 0.325 e. The Bertz CT molecular complexity index is 480.